The van der Waals surface area contributed by atoms with Gasteiger partial charge in [-0.3, -0.25) is 4.90 Å². The number of nitrogens with zero attached hydrogens (tertiary/aromatic N) is 1. The van der Waals surface area contributed by atoms with Crippen molar-refractivity contribution in [1.29, 1.82) is 0 Å². The summed E-state index contributed by atoms with van der Waals surface area (Å²) in [4.78, 5) is 15.1. The fourth-order valence-electron chi connectivity index (χ4n) is 4.09. The molecule has 0 N–H and O–H groups in total. The first kappa shape index (κ1) is 20.7. The molecule has 154 valence electrons. The van der Waals surface area contributed by atoms with E-state index in [1.54, 1.807) is 0 Å². The first-order chi connectivity index (χ1) is 14.6. The first-order valence-electron chi connectivity index (χ1n) is 10.4. The number of aryl methyl sites for hydroxylation is 3. The Balaban J connectivity index is 1.56. The summed E-state index contributed by atoms with van der Waals surface area (Å²) in [5.74, 6) is 0. The number of halogens is 1. The van der Waals surface area contributed by atoms with E-state index >= 15 is 0 Å². The van der Waals surface area contributed by atoms with Crippen molar-refractivity contribution in [3.63, 3.8) is 0 Å². The predicted octanol–water partition coefficient (Wildman–Crippen LogP) is 6.85. The molecule has 0 aliphatic carbocycles. The maximum Gasteiger partial charge on any atom is 0.414 e. The topological polar surface area (TPSA) is 29.5 Å². The molecular weight excluding hydrogens is 438 g/mol. The van der Waals surface area contributed by atoms with Gasteiger partial charge in [0.2, 0.25) is 0 Å². The summed E-state index contributed by atoms with van der Waals surface area (Å²) < 4.78 is 6.77. The molecule has 0 bridgehead atoms. The van der Waals surface area contributed by atoms with E-state index in [2.05, 4.69) is 59.3 Å². The molecule has 1 aliphatic rings. The molecule has 30 heavy (non-hydrogen) atoms. The van der Waals surface area contributed by atoms with Crippen LogP contribution in [0.25, 0.3) is 0 Å². The number of carbonyl (C=O) groups is 1. The van der Waals surface area contributed by atoms with Crippen LogP contribution < -0.4 is 4.90 Å². The smallest absolute Gasteiger partial charge is 0.414 e. The third-order valence-electron chi connectivity index (χ3n) is 5.74. The number of rotatable bonds is 5. The van der Waals surface area contributed by atoms with Gasteiger partial charge in [-0.15, -0.1) is 0 Å². The van der Waals surface area contributed by atoms with Gasteiger partial charge in [-0.1, -0.05) is 82.7 Å². The summed E-state index contributed by atoms with van der Waals surface area (Å²) >= 11 is 3.64. The van der Waals surface area contributed by atoms with Gasteiger partial charge in [0, 0.05) is 10.5 Å². The zero-order valence-electron chi connectivity index (χ0n) is 17.2. The molecule has 1 amide bonds. The maximum atomic E-state index is 13.2. The van der Waals surface area contributed by atoms with Gasteiger partial charge in [-0.05, 0) is 60.9 Å². The quantitative estimate of drug-likeness (QED) is 0.413. The number of benzene rings is 3. The van der Waals surface area contributed by atoms with Crippen molar-refractivity contribution in [3.05, 3.63) is 99.5 Å². The maximum absolute atomic E-state index is 13.2. The van der Waals surface area contributed by atoms with E-state index in [0.717, 1.165) is 41.4 Å². The van der Waals surface area contributed by atoms with Crippen LogP contribution >= 0.6 is 15.9 Å². The van der Waals surface area contributed by atoms with Crippen molar-refractivity contribution in [2.45, 2.75) is 45.3 Å². The van der Waals surface area contributed by atoms with E-state index in [1.807, 2.05) is 41.3 Å². The van der Waals surface area contributed by atoms with E-state index in [4.69, 9.17) is 4.74 Å². The monoisotopic (exact) mass is 463 g/mol. The minimum atomic E-state index is -0.270. The first-order valence-corrected chi connectivity index (χ1v) is 11.2. The van der Waals surface area contributed by atoms with Crippen LogP contribution in [0.4, 0.5) is 10.5 Å². The highest BCUT2D eigenvalue weighted by atomic mass is 79.9. The Labute approximate surface area is 186 Å². The molecule has 4 rings (SSSR count). The van der Waals surface area contributed by atoms with Crippen LogP contribution in [0.2, 0.25) is 0 Å². The summed E-state index contributed by atoms with van der Waals surface area (Å²) in [6, 6.07) is 24.7. The average molecular weight is 464 g/mol. The molecule has 1 atom stereocenters. The third-order valence-corrected chi connectivity index (χ3v) is 6.60. The summed E-state index contributed by atoms with van der Waals surface area (Å²) in [5.41, 5.74) is 5.66. The number of anilines is 1. The molecule has 3 nitrogen and oxygen atoms in total. The van der Waals surface area contributed by atoms with Crippen molar-refractivity contribution in [2.75, 3.05) is 4.90 Å². The Morgan fingerprint density at radius 1 is 1.03 bits per heavy atom. The second kappa shape index (κ2) is 9.48. The van der Waals surface area contributed by atoms with Gasteiger partial charge < -0.3 is 4.74 Å². The van der Waals surface area contributed by atoms with Gasteiger partial charge in [0.05, 0.1) is 5.69 Å². The number of hydrogen-bond acceptors (Lipinski definition) is 2. The SMILES string of the molecule is Cc1cc2c(cc1Br)N(C(=O)OCc1ccccc1)C(CCc1ccccc1)CC2. The van der Waals surface area contributed by atoms with Crippen LogP contribution in [0.1, 0.15) is 35.1 Å². The largest absolute Gasteiger partial charge is 0.444 e. The van der Waals surface area contributed by atoms with E-state index in [0.29, 0.717) is 0 Å². The number of amides is 1. The van der Waals surface area contributed by atoms with Crippen LogP contribution in [-0.2, 0) is 24.2 Å². The molecule has 0 fully saturated rings. The molecule has 0 radical (unpaired) electrons. The molecule has 0 aromatic heterocycles. The zero-order valence-corrected chi connectivity index (χ0v) is 18.8. The van der Waals surface area contributed by atoms with E-state index in [-0.39, 0.29) is 18.7 Å². The Morgan fingerprint density at radius 2 is 1.70 bits per heavy atom. The summed E-state index contributed by atoms with van der Waals surface area (Å²) in [7, 11) is 0. The lowest BCUT2D eigenvalue weighted by Crippen LogP contribution is -2.44. The molecule has 1 heterocycles. The highest BCUT2D eigenvalue weighted by Gasteiger charge is 2.32. The van der Waals surface area contributed by atoms with Crippen molar-refractivity contribution in [3.8, 4) is 0 Å². The van der Waals surface area contributed by atoms with Crippen molar-refractivity contribution >= 4 is 27.7 Å². The molecule has 0 spiro atoms. The normalized spacial score (nSPS) is 15.5. The van der Waals surface area contributed by atoms with Crippen LogP contribution in [-0.4, -0.2) is 12.1 Å². The van der Waals surface area contributed by atoms with E-state index in [9.17, 15) is 4.79 Å². The fraction of sp³-hybridized carbons (Fsp3) is 0.269. The Kier molecular flexibility index (Phi) is 6.53. The van der Waals surface area contributed by atoms with Crippen LogP contribution in [0.15, 0.2) is 77.3 Å². The van der Waals surface area contributed by atoms with Gasteiger partial charge >= 0.3 is 6.09 Å². The summed E-state index contributed by atoms with van der Waals surface area (Å²) in [6.07, 6.45) is 3.51. The number of carbonyl (C=O) groups excluding carboxylic acids is 1. The number of hydrogen-bond donors (Lipinski definition) is 0. The second-order valence-electron chi connectivity index (χ2n) is 7.86. The zero-order chi connectivity index (χ0) is 20.9. The number of fused-ring (bicyclic) bond motifs is 1. The van der Waals surface area contributed by atoms with Gasteiger partial charge in [0.1, 0.15) is 6.61 Å². The minimum Gasteiger partial charge on any atom is -0.444 e. The van der Waals surface area contributed by atoms with Crippen molar-refractivity contribution in [2.24, 2.45) is 0 Å². The average Bonchev–Trinajstić information content (AvgIpc) is 2.78. The van der Waals surface area contributed by atoms with Gasteiger partial charge in [-0.2, -0.15) is 0 Å². The lowest BCUT2D eigenvalue weighted by Gasteiger charge is -2.37. The van der Waals surface area contributed by atoms with Crippen LogP contribution in [0.3, 0.4) is 0 Å². The van der Waals surface area contributed by atoms with Crippen molar-refractivity contribution < 1.29 is 9.53 Å². The highest BCUT2D eigenvalue weighted by Crippen LogP contribution is 2.36. The lowest BCUT2D eigenvalue weighted by atomic mass is 9.91. The van der Waals surface area contributed by atoms with Crippen LogP contribution in [0, 0.1) is 6.92 Å². The predicted molar refractivity (Wildman–Crippen MR) is 125 cm³/mol. The Bertz CT molecular complexity index is 1000. The van der Waals surface area contributed by atoms with Gasteiger partial charge in [0.15, 0.2) is 0 Å². The Morgan fingerprint density at radius 3 is 2.40 bits per heavy atom. The van der Waals surface area contributed by atoms with Gasteiger partial charge in [0.25, 0.3) is 0 Å². The van der Waals surface area contributed by atoms with Crippen molar-refractivity contribution in [1.82, 2.24) is 0 Å². The van der Waals surface area contributed by atoms with E-state index in [1.165, 1.54) is 16.7 Å². The molecule has 0 saturated carbocycles. The van der Waals surface area contributed by atoms with E-state index < -0.39 is 0 Å². The molecule has 3 aromatic rings. The summed E-state index contributed by atoms with van der Waals surface area (Å²) in [5, 5.41) is 0. The van der Waals surface area contributed by atoms with Crippen LogP contribution in [0.5, 0.6) is 0 Å². The van der Waals surface area contributed by atoms with Gasteiger partial charge in [-0.25, -0.2) is 4.79 Å². The number of ether oxygens (including phenoxy) is 1. The summed E-state index contributed by atoms with van der Waals surface area (Å²) in [6.45, 7) is 2.37. The molecule has 1 aliphatic heterocycles. The molecular formula is C26H26BrNO2. The molecule has 0 saturated heterocycles. The standard InChI is InChI=1S/C26H26BrNO2/c1-19-16-22-13-15-23(14-12-20-8-4-2-5-9-20)28(25(22)17-24(19)27)26(29)30-18-21-10-6-3-7-11-21/h2-11,16-17,23H,12-15,18H2,1H3. The minimum absolute atomic E-state index is 0.121. The highest BCUT2D eigenvalue weighted by molar-refractivity contribution is 9.10. The molecule has 4 heteroatoms. The molecule has 3 aromatic carbocycles. The molecule has 1 unspecified atom stereocenters. The Hall–Kier alpha value is -2.59. The third kappa shape index (κ3) is 4.76. The lowest BCUT2D eigenvalue weighted by molar-refractivity contribution is 0.143. The fourth-order valence-corrected chi connectivity index (χ4v) is 4.42. The second-order valence-corrected chi connectivity index (χ2v) is 8.71.